The van der Waals surface area contributed by atoms with Crippen LogP contribution < -0.4 is 16.2 Å². The number of nitrogens with two attached hydrogens (primary N) is 2. The van der Waals surface area contributed by atoms with Crippen molar-refractivity contribution in [2.75, 3.05) is 25.9 Å². The van der Waals surface area contributed by atoms with E-state index in [9.17, 15) is 9.59 Å². The molecule has 0 aliphatic rings. The first-order valence-corrected chi connectivity index (χ1v) is 6.50. The number of nitrogen functional groups attached to an aromatic ring is 1. The minimum Gasteiger partial charge on any atom is -0.497 e. The van der Waals surface area contributed by atoms with Gasteiger partial charge in [-0.05, 0) is 18.6 Å². The van der Waals surface area contributed by atoms with E-state index >= 15 is 0 Å². The van der Waals surface area contributed by atoms with Gasteiger partial charge in [0.2, 0.25) is 5.91 Å². The standard InChI is InChI=1S/C14H21N3O3/c1-3-4-5-17(9-13(16)18)14(19)10-6-11(15)8-12(7-10)20-2/h6-8H,3-5,9,15H2,1-2H3,(H2,16,18). The Morgan fingerprint density at radius 1 is 1.30 bits per heavy atom. The van der Waals surface area contributed by atoms with E-state index in [1.165, 1.54) is 12.0 Å². The molecule has 0 heterocycles. The number of unbranched alkanes of at least 4 members (excludes halogenated alkanes) is 1. The normalized spacial score (nSPS) is 10.1. The van der Waals surface area contributed by atoms with Crippen molar-refractivity contribution >= 4 is 17.5 Å². The van der Waals surface area contributed by atoms with Gasteiger partial charge in [-0.25, -0.2) is 0 Å². The van der Waals surface area contributed by atoms with Crippen molar-refractivity contribution in [1.29, 1.82) is 0 Å². The van der Waals surface area contributed by atoms with E-state index in [1.54, 1.807) is 18.2 Å². The number of anilines is 1. The first-order valence-electron chi connectivity index (χ1n) is 6.50. The number of rotatable bonds is 7. The molecule has 0 saturated carbocycles. The van der Waals surface area contributed by atoms with Crippen LogP contribution in [0.2, 0.25) is 0 Å². The van der Waals surface area contributed by atoms with Crippen LogP contribution in [-0.4, -0.2) is 36.9 Å². The molecule has 20 heavy (non-hydrogen) atoms. The van der Waals surface area contributed by atoms with E-state index in [0.717, 1.165) is 12.8 Å². The highest BCUT2D eigenvalue weighted by Gasteiger charge is 2.18. The molecule has 0 atom stereocenters. The van der Waals surface area contributed by atoms with Gasteiger partial charge in [-0.2, -0.15) is 0 Å². The van der Waals surface area contributed by atoms with Gasteiger partial charge in [0, 0.05) is 23.9 Å². The zero-order chi connectivity index (χ0) is 15.1. The summed E-state index contributed by atoms with van der Waals surface area (Å²) in [5.74, 6) is -0.309. The van der Waals surface area contributed by atoms with Crippen LogP contribution in [-0.2, 0) is 4.79 Å². The lowest BCUT2D eigenvalue weighted by atomic mass is 10.1. The quantitative estimate of drug-likeness (QED) is 0.727. The Balaban J connectivity index is 2.97. The maximum absolute atomic E-state index is 12.4. The highest BCUT2D eigenvalue weighted by Crippen LogP contribution is 2.20. The number of benzene rings is 1. The molecule has 1 aromatic rings. The Kier molecular flexibility index (Phi) is 5.83. The number of methoxy groups -OCH3 is 1. The van der Waals surface area contributed by atoms with E-state index < -0.39 is 5.91 Å². The summed E-state index contributed by atoms with van der Waals surface area (Å²) in [4.78, 5) is 24.9. The van der Waals surface area contributed by atoms with Crippen LogP contribution in [0, 0.1) is 0 Å². The lowest BCUT2D eigenvalue weighted by molar-refractivity contribution is -0.118. The van der Waals surface area contributed by atoms with Crippen LogP contribution in [0.5, 0.6) is 5.75 Å². The minimum atomic E-state index is -0.537. The molecule has 0 aliphatic heterocycles. The second kappa shape index (κ2) is 7.37. The Hall–Kier alpha value is -2.24. The molecule has 0 saturated heterocycles. The topological polar surface area (TPSA) is 98.7 Å². The van der Waals surface area contributed by atoms with Gasteiger partial charge in [0.25, 0.3) is 5.91 Å². The van der Waals surface area contributed by atoms with Crippen LogP contribution in [0.1, 0.15) is 30.1 Å². The molecule has 6 nitrogen and oxygen atoms in total. The summed E-state index contributed by atoms with van der Waals surface area (Å²) in [5.41, 5.74) is 11.7. The number of carbonyl (C=O) groups excluding carboxylic acids is 2. The van der Waals surface area contributed by atoms with Crippen molar-refractivity contribution in [3.63, 3.8) is 0 Å². The molecule has 0 bridgehead atoms. The van der Waals surface area contributed by atoms with E-state index in [0.29, 0.717) is 23.5 Å². The lowest BCUT2D eigenvalue weighted by Crippen LogP contribution is -2.39. The smallest absolute Gasteiger partial charge is 0.254 e. The minimum absolute atomic E-state index is 0.101. The van der Waals surface area contributed by atoms with Crippen molar-refractivity contribution in [3.8, 4) is 5.75 Å². The molecule has 0 aromatic heterocycles. The van der Waals surface area contributed by atoms with Gasteiger partial charge in [-0.3, -0.25) is 9.59 Å². The first-order chi connectivity index (χ1) is 9.47. The fourth-order valence-corrected chi connectivity index (χ4v) is 1.84. The molecule has 6 heteroatoms. The average Bonchev–Trinajstić information content (AvgIpc) is 2.41. The van der Waals surface area contributed by atoms with Crippen molar-refractivity contribution in [2.45, 2.75) is 19.8 Å². The molecular formula is C14H21N3O3. The van der Waals surface area contributed by atoms with Gasteiger partial charge in [0.05, 0.1) is 13.7 Å². The van der Waals surface area contributed by atoms with E-state index in [-0.39, 0.29) is 12.5 Å². The second-order valence-corrected chi connectivity index (χ2v) is 4.54. The molecular weight excluding hydrogens is 258 g/mol. The highest BCUT2D eigenvalue weighted by molar-refractivity contribution is 5.97. The Morgan fingerprint density at radius 3 is 2.55 bits per heavy atom. The third-order valence-electron chi connectivity index (χ3n) is 2.83. The average molecular weight is 279 g/mol. The number of ether oxygens (including phenoxy) is 1. The molecule has 1 aromatic carbocycles. The van der Waals surface area contributed by atoms with Crippen molar-refractivity contribution in [3.05, 3.63) is 23.8 Å². The van der Waals surface area contributed by atoms with Gasteiger partial charge < -0.3 is 21.1 Å². The summed E-state index contributed by atoms with van der Waals surface area (Å²) in [5, 5.41) is 0. The molecule has 0 spiro atoms. The fourth-order valence-electron chi connectivity index (χ4n) is 1.84. The maximum Gasteiger partial charge on any atom is 0.254 e. The molecule has 0 fully saturated rings. The van der Waals surface area contributed by atoms with Crippen molar-refractivity contribution in [1.82, 2.24) is 4.90 Å². The Bertz CT molecular complexity index is 489. The van der Waals surface area contributed by atoms with Gasteiger partial charge in [0.1, 0.15) is 5.75 Å². The van der Waals surface area contributed by atoms with Crippen LogP contribution >= 0.6 is 0 Å². The number of amides is 2. The van der Waals surface area contributed by atoms with Gasteiger partial charge >= 0.3 is 0 Å². The van der Waals surface area contributed by atoms with Crippen molar-refractivity contribution in [2.24, 2.45) is 5.73 Å². The van der Waals surface area contributed by atoms with Gasteiger partial charge in [-0.15, -0.1) is 0 Å². The fraction of sp³-hybridized carbons (Fsp3) is 0.429. The predicted octanol–water partition coefficient (Wildman–Crippen LogP) is 1.01. The summed E-state index contributed by atoms with van der Waals surface area (Å²) < 4.78 is 5.09. The SMILES string of the molecule is CCCCN(CC(N)=O)C(=O)c1cc(N)cc(OC)c1. The summed E-state index contributed by atoms with van der Waals surface area (Å²) >= 11 is 0. The molecule has 4 N–H and O–H groups in total. The Labute approximate surface area is 118 Å². The third-order valence-corrected chi connectivity index (χ3v) is 2.83. The van der Waals surface area contributed by atoms with Crippen LogP contribution in [0.3, 0.4) is 0 Å². The summed E-state index contributed by atoms with van der Waals surface area (Å²) in [6.07, 6.45) is 1.72. The molecule has 0 aliphatic carbocycles. The zero-order valence-electron chi connectivity index (χ0n) is 11.9. The van der Waals surface area contributed by atoms with Crippen LogP contribution in [0.25, 0.3) is 0 Å². The summed E-state index contributed by atoms with van der Waals surface area (Å²) in [7, 11) is 1.50. The molecule has 110 valence electrons. The number of hydrogen-bond donors (Lipinski definition) is 2. The molecule has 2 amide bonds. The maximum atomic E-state index is 12.4. The highest BCUT2D eigenvalue weighted by atomic mass is 16.5. The zero-order valence-corrected chi connectivity index (χ0v) is 11.9. The summed E-state index contributed by atoms with van der Waals surface area (Å²) in [6.45, 7) is 2.39. The Morgan fingerprint density at radius 2 is 2.00 bits per heavy atom. The number of hydrogen-bond acceptors (Lipinski definition) is 4. The number of carbonyl (C=O) groups is 2. The second-order valence-electron chi connectivity index (χ2n) is 4.54. The lowest BCUT2D eigenvalue weighted by Gasteiger charge is -2.21. The molecule has 1 rings (SSSR count). The molecule has 0 unspecified atom stereocenters. The monoisotopic (exact) mass is 279 g/mol. The largest absolute Gasteiger partial charge is 0.497 e. The van der Waals surface area contributed by atoms with E-state index in [4.69, 9.17) is 16.2 Å². The van der Waals surface area contributed by atoms with Gasteiger partial charge in [0.15, 0.2) is 0 Å². The molecule has 0 radical (unpaired) electrons. The number of primary amides is 1. The van der Waals surface area contributed by atoms with Crippen LogP contribution in [0.15, 0.2) is 18.2 Å². The van der Waals surface area contributed by atoms with Crippen molar-refractivity contribution < 1.29 is 14.3 Å². The van der Waals surface area contributed by atoms with Crippen LogP contribution in [0.4, 0.5) is 5.69 Å². The van der Waals surface area contributed by atoms with E-state index in [1.807, 2.05) is 6.92 Å². The van der Waals surface area contributed by atoms with Gasteiger partial charge in [-0.1, -0.05) is 13.3 Å². The number of nitrogens with zero attached hydrogens (tertiary/aromatic N) is 1. The third kappa shape index (κ3) is 4.46. The first kappa shape index (κ1) is 15.8. The van der Waals surface area contributed by atoms with E-state index in [2.05, 4.69) is 0 Å². The summed E-state index contributed by atoms with van der Waals surface area (Å²) in [6, 6.07) is 4.78. The predicted molar refractivity (Wildman–Crippen MR) is 77.4 cm³/mol.